The molecule has 19 heavy (non-hydrogen) atoms. The second-order valence-electron chi connectivity index (χ2n) is 3.91. The number of halogens is 3. The summed E-state index contributed by atoms with van der Waals surface area (Å²) >= 11 is 5.73. The minimum Gasteiger partial charge on any atom is -0.469 e. The van der Waals surface area contributed by atoms with E-state index in [1.165, 1.54) is 18.2 Å². The van der Waals surface area contributed by atoms with Crippen molar-refractivity contribution >= 4 is 28.7 Å². The monoisotopic (exact) mass is 289 g/mol. The number of rotatable bonds is 4. The Bertz CT molecular complexity index is 612. The van der Waals surface area contributed by atoms with Crippen molar-refractivity contribution in [3.05, 3.63) is 29.1 Å². The summed E-state index contributed by atoms with van der Waals surface area (Å²) < 4.78 is 36.9. The smallest absolute Gasteiger partial charge is 0.322 e. The number of alkyl halides is 2. The normalized spacial score (nSPS) is 11.8. The summed E-state index contributed by atoms with van der Waals surface area (Å²) in [6.45, 7) is 0. The number of esters is 1. The number of fused-ring (bicyclic) bond motifs is 1. The lowest BCUT2D eigenvalue weighted by atomic mass is 10.2. The predicted octanol–water partition coefficient (Wildman–Crippen LogP) is 3.53. The molecule has 0 saturated carbocycles. The average Bonchev–Trinajstić information content (AvgIpc) is 2.79. The second-order valence-corrected chi connectivity index (χ2v) is 4.35. The molecule has 2 aromatic rings. The summed E-state index contributed by atoms with van der Waals surface area (Å²) in [5.41, 5.74) is 0.470. The molecule has 0 unspecified atom stereocenters. The van der Waals surface area contributed by atoms with E-state index >= 15 is 0 Å². The molecule has 0 spiro atoms. The molecule has 0 saturated heterocycles. The van der Waals surface area contributed by atoms with Gasteiger partial charge < -0.3 is 9.15 Å². The van der Waals surface area contributed by atoms with Crippen LogP contribution < -0.4 is 0 Å². The van der Waals surface area contributed by atoms with Gasteiger partial charge in [0, 0.05) is 11.4 Å². The summed E-state index contributed by atoms with van der Waals surface area (Å²) in [5, 5.41) is 0.380. The van der Waals surface area contributed by atoms with E-state index in [0.29, 0.717) is 5.02 Å². The van der Waals surface area contributed by atoms with Crippen LogP contribution in [0, 0.1) is 0 Å². The van der Waals surface area contributed by atoms with Crippen LogP contribution in [0.3, 0.4) is 0 Å². The first-order chi connectivity index (χ1) is 8.92. The molecule has 0 aliphatic rings. The van der Waals surface area contributed by atoms with Crippen LogP contribution in [0.15, 0.2) is 22.6 Å². The van der Waals surface area contributed by atoms with Crippen molar-refractivity contribution < 1.29 is 22.7 Å². The van der Waals surface area contributed by atoms with Crippen molar-refractivity contribution in [2.24, 2.45) is 0 Å². The highest BCUT2D eigenvalue weighted by atomic mass is 35.5. The number of oxazole rings is 1. The molecule has 2 rings (SSSR count). The average molecular weight is 290 g/mol. The van der Waals surface area contributed by atoms with Gasteiger partial charge in [-0.1, -0.05) is 11.6 Å². The van der Waals surface area contributed by atoms with Crippen molar-refractivity contribution in [1.82, 2.24) is 4.98 Å². The maximum absolute atomic E-state index is 13.8. The Balaban J connectivity index is 2.24. The Morgan fingerprint density at radius 2 is 2.26 bits per heavy atom. The van der Waals surface area contributed by atoms with Gasteiger partial charge in [-0.05, 0) is 18.2 Å². The number of hydrogen-bond acceptors (Lipinski definition) is 4. The molecule has 4 nitrogen and oxygen atoms in total. The lowest BCUT2D eigenvalue weighted by Gasteiger charge is -2.10. The summed E-state index contributed by atoms with van der Waals surface area (Å²) in [6, 6.07) is 4.41. The van der Waals surface area contributed by atoms with Crippen molar-refractivity contribution in [1.29, 1.82) is 0 Å². The van der Waals surface area contributed by atoms with Gasteiger partial charge in [0.1, 0.15) is 5.52 Å². The number of hydrogen-bond donors (Lipinski definition) is 0. The van der Waals surface area contributed by atoms with E-state index in [2.05, 4.69) is 9.72 Å². The first-order valence-electron chi connectivity index (χ1n) is 5.43. The van der Waals surface area contributed by atoms with Crippen LogP contribution in [0.1, 0.15) is 18.7 Å². The fourth-order valence-electron chi connectivity index (χ4n) is 1.53. The third kappa shape index (κ3) is 3.01. The van der Waals surface area contributed by atoms with Gasteiger partial charge in [0.25, 0.3) is 5.89 Å². The molecule has 1 heterocycles. The molecule has 0 atom stereocenters. The van der Waals surface area contributed by atoms with Crippen LogP contribution in [0.4, 0.5) is 8.78 Å². The molecule has 102 valence electrons. The van der Waals surface area contributed by atoms with Crippen molar-refractivity contribution in [2.45, 2.75) is 18.8 Å². The Kier molecular flexibility index (Phi) is 3.71. The highest BCUT2D eigenvalue weighted by molar-refractivity contribution is 6.31. The van der Waals surface area contributed by atoms with E-state index in [1.54, 1.807) is 0 Å². The second kappa shape index (κ2) is 5.13. The number of methoxy groups -OCH3 is 1. The number of carbonyl (C=O) groups excluding carboxylic acids is 1. The number of ether oxygens (including phenoxy) is 1. The SMILES string of the molecule is COC(=O)CCC(F)(F)c1nc2cc(Cl)ccc2o1. The highest BCUT2D eigenvalue weighted by Crippen LogP contribution is 2.34. The van der Waals surface area contributed by atoms with Crippen LogP contribution in [-0.2, 0) is 15.5 Å². The van der Waals surface area contributed by atoms with E-state index in [1.807, 2.05) is 0 Å². The molecular formula is C12H10ClF2NO3. The molecule has 1 aromatic heterocycles. The summed E-state index contributed by atoms with van der Waals surface area (Å²) in [5.74, 6) is -4.77. The van der Waals surface area contributed by atoms with Gasteiger partial charge in [-0.25, -0.2) is 4.98 Å². The Labute approximate surface area is 112 Å². The molecule has 0 aliphatic carbocycles. The molecule has 1 aromatic carbocycles. The van der Waals surface area contributed by atoms with Crippen LogP contribution in [0.2, 0.25) is 5.02 Å². The molecule has 0 fully saturated rings. The first-order valence-corrected chi connectivity index (χ1v) is 5.81. The zero-order chi connectivity index (χ0) is 14.0. The van der Waals surface area contributed by atoms with Crippen LogP contribution in [0.5, 0.6) is 0 Å². The third-order valence-corrected chi connectivity index (χ3v) is 2.77. The maximum Gasteiger partial charge on any atom is 0.322 e. The van der Waals surface area contributed by atoms with Gasteiger partial charge >= 0.3 is 11.9 Å². The van der Waals surface area contributed by atoms with Gasteiger partial charge in [0.15, 0.2) is 5.58 Å². The number of nitrogens with zero attached hydrogens (tertiary/aromatic N) is 1. The van der Waals surface area contributed by atoms with Crippen LogP contribution in [0.25, 0.3) is 11.1 Å². The Morgan fingerprint density at radius 3 is 2.95 bits per heavy atom. The zero-order valence-electron chi connectivity index (χ0n) is 9.95. The fourth-order valence-corrected chi connectivity index (χ4v) is 1.69. The minimum atomic E-state index is -3.33. The van der Waals surface area contributed by atoms with Gasteiger partial charge in [0.2, 0.25) is 0 Å². The zero-order valence-corrected chi connectivity index (χ0v) is 10.7. The molecule has 0 amide bonds. The number of carbonyl (C=O) groups is 1. The van der Waals surface area contributed by atoms with Crippen molar-refractivity contribution in [3.8, 4) is 0 Å². The maximum atomic E-state index is 13.8. The van der Waals surface area contributed by atoms with E-state index in [9.17, 15) is 13.6 Å². The largest absolute Gasteiger partial charge is 0.469 e. The molecule has 0 radical (unpaired) electrons. The fraction of sp³-hybridized carbons (Fsp3) is 0.333. The standard InChI is InChI=1S/C12H10ClF2NO3/c1-18-10(17)4-5-12(14,15)11-16-8-6-7(13)2-3-9(8)19-11/h2-3,6H,4-5H2,1H3. The molecule has 0 N–H and O–H groups in total. The lowest BCUT2D eigenvalue weighted by molar-refractivity contribution is -0.143. The third-order valence-electron chi connectivity index (χ3n) is 2.53. The molecule has 7 heteroatoms. The minimum absolute atomic E-state index is 0.220. The summed E-state index contributed by atoms with van der Waals surface area (Å²) in [4.78, 5) is 14.6. The van der Waals surface area contributed by atoms with Crippen LogP contribution in [-0.4, -0.2) is 18.1 Å². The predicted molar refractivity (Wildman–Crippen MR) is 64.2 cm³/mol. The number of aromatic nitrogens is 1. The quantitative estimate of drug-likeness (QED) is 0.808. The summed E-state index contributed by atoms with van der Waals surface area (Å²) in [6.07, 6.45) is -1.14. The molecule has 0 aliphatic heterocycles. The van der Waals surface area contributed by atoms with E-state index in [-0.39, 0.29) is 11.1 Å². The summed E-state index contributed by atoms with van der Waals surface area (Å²) in [7, 11) is 1.14. The van der Waals surface area contributed by atoms with E-state index in [4.69, 9.17) is 16.0 Å². The molecule has 0 bridgehead atoms. The Morgan fingerprint density at radius 1 is 1.53 bits per heavy atom. The van der Waals surface area contributed by atoms with Crippen molar-refractivity contribution in [2.75, 3.05) is 7.11 Å². The van der Waals surface area contributed by atoms with Gasteiger partial charge in [-0.15, -0.1) is 0 Å². The topological polar surface area (TPSA) is 52.3 Å². The first kappa shape index (κ1) is 13.7. The number of benzene rings is 1. The van der Waals surface area contributed by atoms with E-state index < -0.39 is 30.6 Å². The van der Waals surface area contributed by atoms with Gasteiger partial charge in [-0.2, -0.15) is 8.78 Å². The highest BCUT2D eigenvalue weighted by Gasteiger charge is 2.38. The Hall–Kier alpha value is -1.69. The van der Waals surface area contributed by atoms with Gasteiger partial charge in [-0.3, -0.25) is 4.79 Å². The molecular weight excluding hydrogens is 280 g/mol. The van der Waals surface area contributed by atoms with E-state index in [0.717, 1.165) is 7.11 Å². The van der Waals surface area contributed by atoms with Gasteiger partial charge in [0.05, 0.1) is 13.5 Å². The van der Waals surface area contributed by atoms with Crippen molar-refractivity contribution in [3.63, 3.8) is 0 Å². The van der Waals surface area contributed by atoms with Crippen LogP contribution >= 0.6 is 11.6 Å². The lowest BCUT2D eigenvalue weighted by Crippen LogP contribution is -2.16.